The van der Waals surface area contributed by atoms with Gasteiger partial charge in [-0.05, 0) is 12.8 Å². The lowest BCUT2D eigenvalue weighted by molar-refractivity contribution is -0.136. The van der Waals surface area contributed by atoms with E-state index in [9.17, 15) is 4.79 Å². The Bertz CT molecular complexity index is 312. The van der Waals surface area contributed by atoms with Crippen LogP contribution in [0, 0.1) is 0 Å². The molecule has 0 saturated carbocycles. The number of carboxylic acid groups (broad SMARTS) is 1. The van der Waals surface area contributed by atoms with Gasteiger partial charge in [0.15, 0.2) is 4.34 Å². The topological polar surface area (TPSA) is 50.2 Å². The lowest BCUT2D eigenvalue weighted by Crippen LogP contribution is -2.14. The molecule has 0 aliphatic heterocycles. The van der Waals surface area contributed by atoms with Crippen LogP contribution >= 0.6 is 23.1 Å². The van der Waals surface area contributed by atoms with Gasteiger partial charge in [0, 0.05) is 5.38 Å². The molecule has 0 saturated heterocycles. The molecule has 0 spiro atoms. The van der Waals surface area contributed by atoms with E-state index in [4.69, 9.17) is 5.11 Å². The first kappa shape index (κ1) is 11.5. The van der Waals surface area contributed by atoms with Crippen LogP contribution in [0.25, 0.3) is 0 Å². The Morgan fingerprint density at radius 1 is 1.71 bits per heavy atom. The molecule has 1 heterocycles. The van der Waals surface area contributed by atoms with Gasteiger partial charge in [-0.25, -0.2) is 4.98 Å². The van der Waals surface area contributed by atoms with Gasteiger partial charge >= 0.3 is 5.97 Å². The Labute approximate surface area is 91.6 Å². The minimum absolute atomic E-state index is 0.370. The summed E-state index contributed by atoms with van der Waals surface area (Å²) in [6.45, 7) is 3.91. The predicted octanol–water partition coefficient (Wildman–Crippen LogP) is 2.66. The molecule has 1 N–H and O–H groups in total. The second-order valence-corrected chi connectivity index (χ2v) is 5.12. The molecule has 0 aliphatic carbocycles. The fourth-order valence-corrected chi connectivity index (χ4v) is 2.96. The number of aryl methyl sites for hydroxylation is 1. The molecule has 1 aromatic rings. The van der Waals surface area contributed by atoms with Crippen molar-refractivity contribution in [2.75, 3.05) is 0 Å². The predicted molar refractivity (Wildman–Crippen MR) is 59.1 cm³/mol. The van der Waals surface area contributed by atoms with Crippen LogP contribution in [0.2, 0.25) is 0 Å². The van der Waals surface area contributed by atoms with Crippen LogP contribution in [-0.4, -0.2) is 21.3 Å². The van der Waals surface area contributed by atoms with E-state index in [1.807, 2.05) is 19.2 Å². The van der Waals surface area contributed by atoms with Crippen molar-refractivity contribution in [3.63, 3.8) is 0 Å². The number of hydrogen-bond acceptors (Lipinski definition) is 4. The van der Waals surface area contributed by atoms with E-state index in [1.165, 1.54) is 23.1 Å². The molecule has 1 rings (SSSR count). The second kappa shape index (κ2) is 5.36. The standard InChI is InChI=1S/C9H13NO2S2/c1-3-6-5-13-9(10-6)14-7(4-2)8(11)12/h5,7H,3-4H2,1-2H3,(H,11,12). The first-order chi connectivity index (χ1) is 6.67. The van der Waals surface area contributed by atoms with E-state index in [0.717, 1.165) is 16.5 Å². The van der Waals surface area contributed by atoms with Gasteiger partial charge in [-0.1, -0.05) is 25.6 Å². The summed E-state index contributed by atoms with van der Waals surface area (Å²) in [5, 5.41) is 10.5. The number of carbonyl (C=O) groups is 1. The van der Waals surface area contributed by atoms with Crippen molar-refractivity contribution in [3.8, 4) is 0 Å². The maximum atomic E-state index is 10.8. The van der Waals surface area contributed by atoms with Gasteiger partial charge in [0.05, 0.1) is 5.69 Å². The van der Waals surface area contributed by atoms with E-state index in [2.05, 4.69) is 4.98 Å². The van der Waals surface area contributed by atoms with E-state index >= 15 is 0 Å². The van der Waals surface area contributed by atoms with Gasteiger partial charge in [0.1, 0.15) is 5.25 Å². The molecule has 1 unspecified atom stereocenters. The first-order valence-corrected chi connectivity index (χ1v) is 6.27. The molecule has 0 aliphatic rings. The van der Waals surface area contributed by atoms with Crippen LogP contribution < -0.4 is 0 Å². The maximum Gasteiger partial charge on any atom is 0.317 e. The molecule has 1 aromatic heterocycles. The molecule has 78 valence electrons. The summed E-state index contributed by atoms with van der Waals surface area (Å²) in [6, 6.07) is 0. The third kappa shape index (κ3) is 2.99. The van der Waals surface area contributed by atoms with Crippen LogP contribution in [-0.2, 0) is 11.2 Å². The molecular formula is C9H13NO2S2. The molecule has 3 nitrogen and oxygen atoms in total. The first-order valence-electron chi connectivity index (χ1n) is 4.51. The number of thioether (sulfide) groups is 1. The lowest BCUT2D eigenvalue weighted by atomic mass is 10.3. The Kier molecular flexibility index (Phi) is 4.41. The van der Waals surface area contributed by atoms with Gasteiger partial charge in [-0.2, -0.15) is 0 Å². The highest BCUT2D eigenvalue weighted by Crippen LogP contribution is 2.28. The van der Waals surface area contributed by atoms with Gasteiger partial charge in [0.2, 0.25) is 0 Å². The average Bonchev–Trinajstić information content (AvgIpc) is 2.61. The lowest BCUT2D eigenvalue weighted by Gasteiger charge is -2.05. The number of carboxylic acids is 1. The van der Waals surface area contributed by atoms with Crippen LogP contribution in [0.3, 0.4) is 0 Å². The molecular weight excluding hydrogens is 218 g/mol. The van der Waals surface area contributed by atoms with E-state index in [0.29, 0.717) is 6.42 Å². The monoisotopic (exact) mass is 231 g/mol. The highest BCUT2D eigenvalue weighted by atomic mass is 32.2. The molecule has 0 aromatic carbocycles. The van der Waals surface area contributed by atoms with E-state index in [-0.39, 0.29) is 5.25 Å². The Morgan fingerprint density at radius 3 is 2.86 bits per heavy atom. The van der Waals surface area contributed by atoms with Crippen molar-refractivity contribution in [3.05, 3.63) is 11.1 Å². The molecule has 5 heteroatoms. The largest absolute Gasteiger partial charge is 0.480 e. The van der Waals surface area contributed by atoms with E-state index < -0.39 is 5.97 Å². The number of aromatic nitrogens is 1. The van der Waals surface area contributed by atoms with Crippen LogP contribution in [0.15, 0.2) is 9.72 Å². The zero-order chi connectivity index (χ0) is 10.6. The Balaban J connectivity index is 2.62. The smallest absolute Gasteiger partial charge is 0.317 e. The van der Waals surface area contributed by atoms with Crippen molar-refractivity contribution in [1.29, 1.82) is 0 Å². The van der Waals surface area contributed by atoms with Crippen LogP contribution in [0.5, 0.6) is 0 Å². The number of nitrogens with zero attached hydrogens (tertiary/aromatic N) is 1. The van der Waals surface area contributed by atoms with Gasteiger partial charge < -0.3 is 5.11 Å². The summed E-state index contributed by atoms with van der Waals surface area (Å²) in [6.07, 6.45) is 1.53. The number of hydrogen-bond donors (Lipinski definition) is 1. The SMILES string of the molecule is CCc1csc(SC(CC)C(=O)O)n1. The summed E-state index contributed by atoms with van der Waals surface area (Å²) >= 11 is 2.86. The third-order valence-corrected chi connectivity index (χ3v) is 4.15. The van der Waals surface area contributed by atoms with Crippen molar-refractivity contribution in [2.45, 2.75) is 36.3 Å². The van der Waals surface area contributed by atoms with Crippen molar-refractivity contribution in [2.24, 2.45) is 0 Å². The molecule has 14 heavy (non-hydrogen) atoms. The van der Waals surface area contributed by atoms with Crippen LogP contribution in [0.1, 0.15) is 26.0 Å². The highest BCUT2D eigenvalue weighted by molar-refractivity contribution is 8.02. The Hall–Kier alpha value is -0.550. The summed E-state index contributed by atoms with van der Waals surface area (Å²) in [5.74, 6) is -0.759. The normalized spacial score (nSPS) is 12.7. The fourth-order valence-electron chi connectivity index (χ4n) is 0.935. The minimum atomic E-state index is -0.759. The van der Waals surface area contributed by atoms with Gasteiger partial charge in [0.25, 0.3) is 0 Å². The summed E-state index contributed by atoms with van der Waals surface area (Å²) in [4.78, 5) is 15.1. The quantitative estimate of drug-likeness (QED) is 0.791. The molecule has 0 radical (unpaired) electrons. The zero-order valence-electron chi connectivity index (χ0n) is 8.19. The van der Waals surface area contributed by atoms with Crippen LogP contribution in [0.4, 0.5) is 0 Å². The number of rotatable bonds is 5. The number of aliphatic carboxylic acids is 1. The second-order valence-electron chi connectivity index (χ2n) is 2.81. The fraction of sp³-hybridized carbons (Fsp3) is 0.556. The van der Waals surface area contributed by atoms with Gasteiger partial charge in [-0.3, -0.25) is 4.79 Å². The molecule has 0 fully saturated rings. The van der Waals surface area contributed by atoms with E-state index in [1.54, 1.807) is 0 Å². The average molecular weight is 231 g/mol. The highest BCUT2D eigenvalue weighted by Gasteiger charge is 2.17. The third-order valence-electron chi connectivity index (χ3n) is 1.78. The number of thiazole rings is 1. The molecule has 1 atom stereocenters. The molecule has 0 bridgehead atoms. The summed E-state index contributed by atoms with van der Waals surface area (Å²) in [5.41, 5.74) is 1.04. The summed E-state index contributed by atoms with van der Waals surface area (Å²) < 4.78 is 0.858. The Morgan fingerprint density at radius 2 is 2.43 bits per heavy atom. The van der Waals surface area contributed by atoms with Crippen molar-refractivity contribution in [1.82, 2.24) is 4.98 Å². The van der Waals surface area contributed by atoms with Crippen molar-refractivity contribution >= 4 is 29.1 Å². The maximum absolute atomic E-state index is 10.8. The van der Waals surface area contributed by atoms with Crippen molar-refractivity contribution < 1.29 is 9.90 Å². The van der Waals surface area contributed by atoms with Gasteiger partial charge in [-0.15, -0.1) is 11.3 Å². The zero-order valence-corrected chi connectivity index (χ0v) is 9.82. The molecule has 0 amide bonds. The minimum Gasteiger partial charge on any atom is -0.480 e. The summed E-state index contributed by atoms with van der Waals surface area (Å²) in [7, 11) is 0.